The first-order valence-electron chi connectivity index (χ1n) is 9.45. The lowest BCUT2D eigenvalue weighted by Crippen LogP contribution is -2.22. The smallest absolute Gasteiger partial charge is 0.243 e. The Balaban J connectivity index is 1.89. The van der Waals surface area contributed by atoms with Crippen LogP contribution in [0.5, 0.6) is 0 Å². The third-order valence-corrected chi connectivity index (χ3v) is 4.19. The highest BCUT2D eigenvalue weighted by Gasteiger charge is 2.03. The number of hydrogen-bond donors (Lipinski definition) is 3. The number of hydroxylamine groups is 1. The van der Waals surface area contributed by atoms with E-state index in [1.807, 2.05) is 42.5 Å². The molecule has 27 heavy (non-hydrogen) atoms. The monoisotopic (exact) mass is 364 g/mol. The quantitative estimate of drug-likeness (QED) is 0.241. The van der Waals surface area contributed by atoms with Crippen molar-refractivity contribution in [2.24, 2.45) is 0 Å². The summed E-state index contributed by atoms with van der Waals surface area (Å²) in [6.07, 6.45) is 9.32. The van der Waals surface area contributed by atoms with Gasteiger partial charge >= 0.3 is 0 Å². The van der Waals surface area contributed by atoms with Crippen molar-refractivity contribution in [3.05, 3.63) is 90.0 Å². The zero-order chi connectivity index (χ0) is 19.2. The van der Waals surface area contributed by atoms with E-state index >= 15 is 0 Å². The fourth-order valence-electron chi connectivity index (χ4n) is 2.78. The molecule has 4 nitrogen and oxygen atoms in total. The number of unbranched alkanes of at least 4 members (excludes halogenated alkanes) is 3. The van der Waals surface area contributed by atoms with Gasteiger partial charge in [-0.1, -0.05) is 85.7 Å². The summed E-state index contributed by atoms with van der Waals surface area (Å²) in [6.45, 7) is 1.29. The summed E-state index contributed by atoms with van der Waals surface area (Å²) in [5, 5.41) is 11.4. The Kier molecular flexibility index (Phi) is 9.64. The minimum atomic E-state index is -0.0799. The average molecular weight is 364 g/mol. The molecule has 2 aromatic carbocycles. The van der Waals surface area contributed by atoms with Crippen LogP contribution < -0.4 is 10.8 Å². The maximum Gasteiger partial charge on any atom is 0.243 e. The zero-order valence-electron chi connectivity index (χ0n) is 15.6. The molecule has 1 amide bonds. The summed E-state index contributed by atoms with van der Waals surface area (Å²) < 4.78 is 0. The number of carbonyl (C=O) groups is 1. The number of amides is 1. The fraction of sp³-hybridized carbons (Fsp3) is 0.261. The van der Waals surface area contributed by atoms with Crippen LogP contribution in [-0.2, 0) is 4.79 Å². The number of nitrogens with one attached hydrogen (secondary N) is 2. The molecule has 0 heterocycles. The fourth-order valence-corrected chi connectivity index (χ4v) is 2.78. The van der Waals surface area contributed by atoms with E-state index in [1.54, 1.807) is 12.2 Å². The van der Waals surface area contributed by atoms with Crippen molar-refractivity contribution in [3.8, 4) is 0 Å². The molecule has 3 N–H and O–H groups in total. The van der Waals surface area contributed by atoms with Gasteiger partial charge in [0.25, 0.3) is 0 Å². The van der Waals surface area contributed by atoms with E-state index < -0.39 is 0 Å². The Hall–Kier alpha value is -2.69. The predicted molar refractivity (Wildman–Crippen MR) is 110 cm³/mol. The van der Waals surface area contributed by atoms with Gasteiger partial charge in [0.15, 0.2) is 0 Å². The van der Waals surface area contributed by atoms with E-state index in [0.717, 1.165) is 42.4 Å². The summed E-state index contributed by atoms with van der Waals surface area (Å²) in [7, 11) is 0. The molecule has 0 aliphatic heterocycles. The van der Waals surface area contributed by atoms with E-state index in [0.29, 0.717) is 13.1 Å². The molecule has 4 heteroatoms. The number of rotatable bonds is 11. The van der Waals surface area contributed by atoms with Gasteiger partial charge in [0.05, 0.1) is 0 Å². The van der Waals surface area contributed by atoms with Crippen LogP contribution in [0.15, 0.2) is 78.9 Å². The summed E-state index contributed by atoms with van der Waals surface area (Å²) in [4.78, 5) is 12.0. The highest BCUT2D eigenvalue weighted by Crippen LogP contribution is 2.23. The molecule has 2 rings (SSSR count). The van der Waals surface area contributed by atoms with E-state index in [-0.39, 0.29) is 5.91 Å². The Morgan fingerprint density at radius 1 is 0.815 bits per heavy atom. The van der Waals surface area contributed by atoms with Crippen LogP contribution in [0.25, 0.3) is 5.57 Å². The number of benzene rings is 2. The van der Waals surface area contributed by atoms with Crippen molar-refractivity contribution in [2.45, 2.75) is 25.7 Å². The topological polar surface area (TPSA) is 61.4 Å². The summed E-state index contributed by atoms with van der Waals surface area (Å²) in [5.74, 6) is -0.0799. The molecule has 0 saturated heterocycles. The van der Waals surface area contributed by atoms with Gasteiger partial charge in [0.2, 0.25) is 5.91 Å². The lowest BCUT2D eigenvalue weighted by Gasteiger charge is -2.07. The molecule has 0 saturated carbocycles. The van der Waals surface area contributed by atoms with E-state index in [2.05, 4.69) is 35.1 Å². The molecule has 0 fully saturated rings. The molecule has 142 valence electrons. The van der Waals surface area contributed by atoms with Crippen molar-refractivity contribution in [3.63, 3.8) is 0 Å². The third kappa shape index (κ3) is 8.03. The summed E-state index contributed by atoms with van der Waals surface area (Å²) >= 11 is 0. The van der Waals surface area contributed by atoms with E-state index in [4.69, 9.17) is 5.21 Å². The van der Waals surface area contributed by atoms with E-state index in [9.17, 15) is 4.79 Å². The molecule has 0 unspecified atom stereocenters. The highest BCUT2D eigenvalue weighted by molar-refractivity contribution is 5.88. The SMILES string of the molecule is O=C(/C=C/C=C(c1ccccc1)c1ccccc1)NCCCCCCNO. The minimum absolute atomic E-state index is 0.0799. The van der Waals surface area contributed by atoms with E-state index in [1.165, 1.54) is 0 Å². The van der Waals surface area contributed by atoms with Crippen LogP contribution in [0.1, 0.15) is 36.8 Å². The Bertz CT molecular complexity index is 683. The molecular weight excluding hydrogens is 336 g/mol. The second kappa shape index (κ2) is 12.6. The molecule has 0 aliphatic carbocycles. The average Bonchev–Trinajstić information content (AvgIpc) is 2.72. The van der Waals surface area contributed by atoms with Crippen LogP contribution >= 0.6 is 0 Å². The van der Waals surface area contributed by atoms with Crippen LogP contribution in [0, 0.1) is 0 Å². The van der Waals surface area contributed by atoms with Gasteiger partial charge in [0.1, 0.15) is 0 Å². The number of carbonyl (C=O) groups excluding carboxylic acids is 1. The third-order valence-electron chi connectivity index (χ3n) is 4.19. The molecule has 0 radical (unpaired) electrons. The molecule has 0 bridgehead atoms. The van der Waals surface area contributed by atoms with Crippen molar-refractivity contribution < 1.29 is 10.0 Å². The first kappa shape index (κ1) is 20.6. The van der Waals surface area contributed by atoms with Crippen LogP contribution in [0.4, 0.5) is 0 Å². The van der Waals surface area contributed by atoms with Crippen molar-refractivity contribution in [2.75, 3.05) is 13.1 Å². The second-order valence-electron chi connectivity index (χ2n) is 6.28. The first-order chi connectivity index (χ1) is 13.3. The van der Waals surface area contributed by atoms with Gasteiger partial charge in [-0.25, -0.2) is 5.48 Å². The van der Waals surface area contributed by atoms with Crippen molar-refractivity contribution >= 4 is 11.5 Å². The summed E-state index contributed by atoms with van der Waals surface area (Å²) in [6, 6.07) is 20.3. The van der Waals surface area contributed by atoms with Crippen LogP contribution in [-0.4, -0.2) is 24.2 Å². The van der Waals surface area contributed by atoms with Crippen LogP contribution in [0.2, 0.25) is 0 Å². The maximum absolute atomic E-state index is 12.0. The second-order valence-corrected chi connectivity index (χ2v) is 6.28. The molecule has 0 aliphatic rings. The number of hydrogen-bond acceptors (Lipinski definition) is 3. The minimum Gasteiger partial charge on any atom is -0.353 e. The molecular formula is C23H28N2O2. The molecule has 0 spiro atoms. The van der Waals surface area contributed by atoms with Crippen LogP contribution in [0.3, 0.4) is 0 Å². The summed E-state index contributed by atoms with van der Waals surface area (Å²) in [5.41, 5.74) is 5.46. The largest absolute Gasteiger partial charge is 0.353 e. The maximum atomic E-state index is 12.0. The Morgan fingerprint density at radius 2 is 1.37 bits per heavy atom. The van der Waals surface area contributed by atoms with Gasteiger partial charge in [-0.2, -0.15) is 0 Å². The van der Waals surface area contributed by atoms with Gasteiger partial charge in [-0.05, 0) is 29.5 Å². The normalized spacial score (nSPS) is 10.7. The van der Waals surface area contributed by atoms with Crippen molar-refractivity contribution in [1.29, 1.82) is 0 Å². The highest BCUT2D eigenvalue weighted by atomic mass is 16.5. The van der Waals surface area contributed by atoms with Gasteiger partial charge in [0, 0.05) is 19.2 Å². The Morgan fingerprint density at radius 3 is 1.93 bits per heavy atom. The zero-order valence-corrected chi connectivity index (χ0v) is 15.6. The first-order valence-corrected chi connectivity index (χ1v) is 9.45. The molecule has 2 aromatic rings. The number of allylic oxidation sites excluding steroid dienone is 2. The predicted octanol–water partition coefficient (Wildman–Crippen LogP) is 4.33. The Labute approximate surface area is 161 Å². The van der Waals surface area contributed by atoms with Crippen molar-refractivity contribution in [1.82, 2.24) is 10.8 Å². The van der Waals surface area contributed by atoms with Gasteiger partial charge in [-0.3, -0.25) is 4.79 Å². The van der Waals surface area contributed by atoms with Gasteiger partial charge < -0.3 is 10.5 Å². The lowest BCUT2D eigenvalue weighted by molar-refractivity contribution is -0.116. The lowest BCUT2D eigenvalue weighted by atomic mass is 9.97. The van der Waals surface area contributed by atoms with Gasteiger partial charge in [-0.15, -0.1) is 0 Å². The molecule has 0 aromatic heterocycles. The standard InChI is InChI=1S/C23H28N2O2/c26-23(24-18-9-1-2-10-19-25-27)17-11-16-22(20-12-5-3-6-13-20)21-14-7-4-8-15-21/h3-8,11-17,25,27H,1-2,9-10,18-19H2,(H,24,26)/b17-11+. The molecule has 0 atom stereocenters.